The van der Waals surface area contributed by atoms with Gasteiger partial charge < -0.3 is 15.0 Å². The molecule has 1 aliphatic carbocycles. The van der Waals surface area contributed by atoms with E-state index in [0.29, 0.717) is 12.2 Å². The van der Waals surface area contributed by atoms with Gasteiger partial charge in [-0.25, -0.2) is 8.42 Å². The number of nitro benzene ring substituents is 1. The molecule has 1 N–H and O–H groups in total. The second-order valence-electron chi connectivity index (χ2n) is 9.33. The molecule has 12 heteroatoms. The van der Waals surface area contributed by atoms with E-state index in [4.69, 9.17) is 4.74 Å². The predicted octanol–water partition coefficient (Wildman–Crippen LogP) is 3.24. The van der Waals surface area contributed by atoms with Crippen LogP contribution in [0.4, 0.5) is 11.4 Å². The maximum atomic E-state index is 13.7. The second kappa shape index (κ2) is 12.7. The molecule has 0 saturated heterocycles. The van der Waals surface area contributed by atoms with Gasteiger partial charge in [-0.05, 0) is 43.0 Å². The molecule has 1 fully saturated rings. The summed E-state index contributed by atoms with van der Waals surface area (Å²) in [6, 6.07) is 11.3. The van der Waals surface area contributed by atoms with Crippen molar-refractivity contribution in [2.45, 2.75) is 57.7 Å². The average Bonchev–Trinajstić information content (AvgIpc) is 3.39. The Kier molecular flexibility index (Phi) is 9.67. The molecule has 2 amide bonds. The van der Waals surface area contributed by atoms with E-state index in [9.17, 15) is 28.1 Å². The third-order valence-electron chi connectivity index (χ3n) is 6.61. The number of ether oxygens (including phenoxy) is 1. The first-order chi connectivity index (χ1) is 18.0. The topological polar surface area (TPSA) is 139 Å². The van der Waals surface area contributed by atoms with Crippen molar-refractivity contribution >= 4 is 33.2 Å². The van der Waals surface area contributed by atoms with Crippen LogP contribution in [0.15, 0.2) is 48.5 Å². The summed E-state index contributed by atoms with van der Waals surface area (Å²) in [5.41, 5.74) is 0.413. The molecule has 0 heterocycles. The summed E-state index contributed by atoms with van der Waals surface area (Å²) in [7, 11) is -2.46. The molecule has 0 aliphatic heterocycles. The van der Waals surface area contributed by atoms with E-state index in [0.717, 1.165) is 47.9 Å². The van der Waals surface area contributed by atoms with Crippen LogP contribution in [0.2, 0.25) is 0 Å². The zero-order valence-electron chi connectivity index (χ0n) is 21.8. The number of hydrogen-bond acceptors (Lipinski definition) is 7. The Bertz CT molecular complexity index is 1240. The van der Waals surface area contributed by atoms with E-state index in [2.05, 4.69) is 5.32 Å². The third kappa shape index (κ3) is 7.44. The summed E-state index contributed by atoms with van der Waals surface area (Å²) in [5.74, 6) is -0.264. The van der Waals surface area contributed by atoms with E-state index >= 15 is 0 Å². The molecule has 38 heavy (non-hydrogen) atoms. The minimum absolute atomic E-state index is 0.0112. The van der Waals surface area contributed by atoms with Gasteiger partial charge in [0.1, 0.15) is 18.3 Å². The number of nitrogens with zero attached hydrogens (tertiary/aromatic N) is 3. The monoisotopic (exact) mass is 546 g/mol. The lowest BCUT2D eigenvalue weighted by Gasteiger charge is -2.33. The number of nitro groups is 1. The number of carbonyl (C=O) groups excluding carboxylic acids is 2. The second-order valence-corrected chi connectivity index (χ2v) is 11.2. The molecular weight excluding hydrogens is 512 g/mol. The van der Waals surface area contributed by atoms with Crippen molar-refractivity contribution < 1.29 is 27.7 Å². The van der Waals surface area contributed by atoms with Gasteiger partial charge in [0.05, 0.1) is 24.0 Å². The van der Waals surface area contributed by atoms with Gasteiger partial charge in [0.2, 0.25) is 21.8 Å². The molecule has 11 nitrogen and oxygen atoms in total. The van der Waals surface area contributed by atoms with Crippen LogP contribution >= 0.6 is 0 Å². The van der Waals surface area contributed by atoms with Crippen molar-refractivity contribution in [3.8, 4) is 5.75 Å². The Hall–Kier alpha value is -3.67. The lowest BCUT2D eigenvalue weighted by atomic mass is 10.1. The van der Waals surface area contributed by atoms with Gasteiger partial charge >= 0.3 is 0 Å². The highest BCUT2D eigenvalue weighted by Crippen LogP contribution is 2.25. The third-order valence-corrected chi connectivity index (χ3v) is 7.75. The van der Waals surface area contributed by atoms with E-state index in [1.807, 2.05) is 0 Å². The smallest absolute Gasteiger partial charge is 0.271 e. The Balaban J connectivity index is 1.94. The minimum atomic E-state index is -4.00. The van der Waals surface area contributed by atoms with E-state index in [-0.39, 0.29) is 29.9 Å². The van der Waals surface area contributed by atoms with Crippen LogP contribution in [0, 0.1) is 10.1 Å². The molecule has 1 saturated carbocycles. The molecular formula is C26H34N4O7S. The average molecular weight is 547 g/mol. The van der Waals surface area contributed by atoms with Crippen molar-refractivity contribution in [1.82, 2.24) is 10.2 Å². The van der Waals surface area contributed by atoms with Crippen LogP contribution in [0.25, 0.3) is 0 Å². The number of benzene rings is 2. The fraction of sp³-hybridized carbons (Fsp3) is 0.462. The molecule has 2 aromatic carbocycles. The van der Waals surface area contributed by atoms with Gasteiger partial charge in [-0.3, -0.25) is 24.0 Å². The fourth-order valence-electron chi connectivity index (χ4n) is 4.59. The summed E-state index contributed by atoms with van der Waals surface area (Å²) in [6.45, 7) is 1.23. The fourth-order valence-corrected chi connectivity index (χ4v) is 5.43. The molecule has 0 aromatic heterocycles. The van der Waals surface area contributed by atoms with Crippen molar-refractivity contribution in [1.29, 1.82) is 0 Å². The van der Waals surface area contributed by atoms with Gasteiger partial charge in [0.25, 0.3) is 5.69 Å². The summed E-state index contributed by atoms with van der Waals surface area (Å²) in [5, 5.41) is 14.3. The first-order valence-electron chi connectivity index (χ1n) is 12.5. The number of rotatable bonds is 12. The minimum Gasteiger partial charge on any atom is -0.497 e. The molecule has 0 spiro atoms. The molecule has 0 unspecified atom stereocenters. The van der Waals surface area contributed by atoms with Crippen molar-refractivity contribution in [3.63, 3.8) is 0 Å². The number of non-ortho nitro benzene ring substituents is 1. The van der Waals surface area contributed by atoms with Crippen molar-refractivity contribution in [2.24, 2.45) is 0 Å². The summed E-state index contributed by atoms with van der Waals surface area (Å²) in [6.07, 6.45) is 5.06. The molecule has 3 rings (SSSR count). The highest BCUT2D eigenvalue weighted by Gasteiger charge is 2.33. The van der Waals surface area contributed by atoms with Gasteiger partial charge in [-0.15, -0.1) is 0 Å². The van der Waals surface area contributed by atoms with Crippen LogP contribution in [0.5, 0.6) is 5.75 Å². The number of sulfonamides is 1. The van der Waals surface area contributed by atoms with E-state index < -0.39 is 33.4 Å². The van der Waals surface area contributed by atoms with Crippen molar-refractivity contribution in [3.05, 3.63) is 64.2 Å². The summed E-state index contributed by atoms with van der Waals surface area (Å²) < 4.78 is 31.4. The zero-order chi connectivity index (χ0) is 27.9. The molecule has 0 bridgehead atoms. The quantitative estimate of drug-likeness (QED) is 0.318. The number of anilines is 1. The number of carbonyl (C=O) groups is 2. The Morgan fingerprint density at radius 3 is 2.37 bits per heavy atom. The SMILES string of the molecule is CC[C@@H](C(=O)NC1CCCC1)N(Cc1ccc(OC)cc1)C(=O)CN(c1cccc([N+](=O)[O-])c1)S(C)(=O)=O. The molecule has 1 aliphatic rings. The van der Waals surface area contributed by atoms with E-state index in [1.54, 1.807) is 38.3 Å². The number of methoxy groups -OCH3 is 1. The van der Waals surface area contributed by atoms with Crippen LogP contribution in [-0.2, 0) is 26.2 Å². The van der Waals surface area contributed by atoms with Gasteiger partial charge in [0, 0.05) is 24.7 Å². The molecule has 0 radical (unpaired) electrons. The van der Waals surface area contributed by atoms with Crippen LogP contribution < -0.4 is 14.4 Å². The maximum Gasteiger partial charge on any atom is 0.271 e. The number of amides is 2. The molecule has 1 atom stereocenters. The Morgan fingerprint density at radius 2 is 1.82 bits per heavy atom. The van der Waals surface area contributed by atoms with Crippen LogP contribution in [-0.4, -0.2) is 62.0 Å². The Labute approximate surface area is 223 Å². The molecule has 206 valence electrons. The Morgan fingerprint density at radius 1 is 1.16 bits per heavy atom. The molecule has 2 aromatic rings. The summed E-state index contributed by atoms with van der Waals surface area (Å²) >= 11 is 0. The van der Waals surface area contributed by atoms with Gasteiger partial charge in [-0.2, -0.15) is 0 Å². The standard InChI is InChI=1S/C26H34N4O7S/c1-4-24(26(32)27-20-8-5-6-9-20)28(17-19-12-14-23(37-2)15-13-19)25(31)18-29(38(3,35)36)21-10-7-11-22(16-21)30(33)34/h7,10-16,20,24H,4-6,8-9,17-18H2,1-3H3,(H,27,32)/t24-/m0/s1. The maximum absolute atomic E-state index is 13.7. The van der Waals surface area contributed by atoms with Gasteiger partial charge in [-0.1, -0.05) is 38.0 Å². The van der Waals surface area contributed by atoms with Gasteiger partial charge in [0.15, 0.2) is 0 Å². The van der Waals surface area contributed by atoms with Crippen LogP contribution in [0.1, 0.15) is 44.6 Å². The largest absolute Gasteiger partial charge is 0.497 e. The first-order valence-corrected chi connectivity index (χ1v) is 14.3. The number of nitrogens with one attached hydrogen (secondary N) is 1. The highest BCUT2D eigenvalue weighted by atomic mass is 32.2. The normalized spacial score (nSPS) is 14.5. The lowest BCUT2D eigenvalue weighted by molar-refractivity contribution is -0.384. The lowest BCUT2D eigenvalue weighted by Crippen LogP contribution is -2.53. The number of hydrogen-bond donors (Lipinski definition) is 1. The van der Waals surface area contributed by atoms with E-state index in [1.165, 1.54) is 23.1 Å². The van der Waals surface area contributed by atoms with Crippen molar-refractivity contribution in [2.75, 3.05) is 24.2 Å². The highest BCUT2D eigenvalue weighted by molar-refractivity contribution is 7.92. The first kappa shape index (κ1) is 28.9. The summed E-state index contributed by atoms with van der Waals surface area (Å²) in [4.78, 5) is 39.0. The predicted molar refractivity (Wildman–Crippen MR) is 143 cm³/mol. The van der Waals surface area contributed by atoms with Crippen LogP contribution in [0.3, 0.4) is 0 Å². The zero-order valence-corrected chi connectivity index (χ0v) is 22.6.